The highest BCUT2D eigenvalue weighted by Crippen LogP contribution is 2.42. The third kappa shape index (κ3) is 4.14. The third-order valence-corrected chi connectivity index (χ3v) is 7.59. The molecule has 6 rings (SSSR count). The van der Waals surface area contributed by atoms with Crippen LogP contribution in [0.3, 0.4) is 0 Å². The number of carbonyl (C=O) groups excluding carboxylic acids is 2. The van der Waals surface area contributed by atoms with E-state index in [0.717, 1.165) is 65.8 Å². The van der Waals surface area contributed by atoms with Gasteiger partial charge in [-0.3, -0.25) is 14.5 Å². The van der Waals surface area contributed by atoms with Crippen molar-refractivity contribution in [3.8, 4) is 0 Å². The first-order valence-electron chi connectivity index (χ1n) is 13.2. The average molecular weight is 490 g/mol. The molecule has 5 heteroatoms. The average Bonchev–Trinajstić information content (AvgIpc) is 3.44. The molecule has 1 aromatic heterocycles. The molecule has 0 atom stereocenters. The lowest BCUT2D eigenvalue weighted by atomic mass is 10.0. The van der Waals surface area contributed by atoms with Crippen molar-refractivity contribution in [1.29, 1.82) is 0 Å². The number of hydrogen-bond acceptors (Lipinski definition) is 2. The number of aryl methyl sites for hydroxylation is 1. The zero-order valence-electron chi connectivity index (χ0n) is 21.2. The second-order valence-electron chi connectivity index (χ2n) is 9.87. The van der Waals surface area contributed by atoms with Gasteiger partial charge in [-0.15, -0.1) is 0 Å². The normalized spacial score (nSPS) is 16.6. The first-order valence-corrected chi connectivity index (χ1v) is 13.2. The number of benzene rings is 3. The van der Waals surface area contributed by atoms with Crippen molar-refractivity contribution in [2.45, 2.75) is 39.2 Å². The van der Waals surface area contributed by atoms with Crippen LogP contribution in [0, 0.1) is 0 Å². The summed E-state index contributed by atoms with van der Waals surface area (Å²) in [5, 5.41) is 1.07. The Labute approximate surface area is 217 Å². The number of aromatic nitrogens is 1. The fourth-order valence-corrected chi connectivity index (χ4v) is 5.75. The highest BCUT2D eigenvalue weighted by atomic mass is 16.2. The quantitative estimate of drug-likeness (QED) is 0.303. The van der Waals surface area contributed by atoms with Crippen molar-refractivity contribution in [2.24, 2.45) is 0 Å². The Kier molecular flexibility index (Phi) is 6.13. The van der Waals surface area contributed by atoms with Gasteiger partial charge >= 0.3 is 0 Å². The number of anilines is 2. The van der Waals surface area contributed by atoms with Gasteiger partial charge in [-0.2, -0.15) is 0 Å². The van der Waals surface area contributed by atoms with Crippen LogP contribution in [0.1, 0.15) is 42.9 Å². The van der Waals surface area contributed by atoms with E-state index >= 15 is 0 Å². The number of likely N-dealkylation sites (tertiary alicyclic amines) is 1. The van der Waals surface area contributed by atoms with Crippen molar-refractivity contribution in [3.63, 3.8) is 0 Å². The molecule has 0 saturated carbocycles. The molecule has 0 N–H and O–H groups in total. The number of para-hydroxylation sites is 3. The lowest BCUT2D eigenvalue weighted by Gasteiger charge is -2.27. The zero-order chi connectivity index (χ0) is 25.4. The number of amides is 2. The molecule has 2 aliphatic heterocycles. The first kappa shape index (κ1) is 23.3. The smallest absolute Gasteiger partial charge is 0.263 e. The molecule has 37 heavy (non-hydrogen) atoms. The topological polar surface area (TPSA) is 45.6 Å². The van der Waals surface area contributed by atoms with Crippen molar-refractivity contribution < 1.29 is 9.59 Å². The molecule has 3 heterocycles. The van der Waals surface area contributed by atoms with Crippen LogP contribution in [-0.4, -0.2) is 34.4 Å². The number of hydrogen-bond donors (Lipinski definition) is 0. The predicted octanol–water partition coefficient (Wildman–Crippen LogP) is 6.44. The number of piperidine rings is 1. The van der Waals surface area contributed by atoms with E-state index < -0.39 is 0 Å². The van der Waals surface area contributed by atoms with Gasteiger partial charge in [0.05, 0.1) is 16.8 Å². The van der Waals surface area contributed by atoms with E-state index in [-0.39, 0.29) is 11.8 Å². The Morgan fingerprint density at radius 3 is 2.43 bits per heavy atom. The summed E-state index contributed by atoms with van der Waals surface area (Å²) in [7, 11) is 0. The predicted molar refractivity (Wildman–Crippen MR) is 150 cm³/mol. The Bertz CT molecular complexity index is 1510. The summed E-state index contributed by atoms with van der Waals surface area (Å²) < 4.78 is 2.10. The maximum atomic E-state index is 13.8. The summed E-state index contributed by atoms with van der Waals surface area (Å²) in [5.74, 6) is 0.128. The fourth-order valence-electron chi connectivity index (χ4n) is 5.75. The second-order valence-corrected chi connectivity index (χ2v) is 9.87. The monoisotopic (exact) mass is 489 g/mol. The molecule has 1 saturated heterocycles. The molecule has 0 spiro atoms. The first-order chi connectivity index (χ1) is 18.2. The van der Waals surface area contributed by atoms with Crippen LogP contribution < -0.4 is 4.90 Å². The zero-order valence-corrected chi connectivity index (χ0v) is 21.2. The minimum Gasteiger partial charge on any atom is -0.341 e. The summed E-state index contributed by atoms with van der Waals surface area (Å²) in [6.07, 6.45) is 8.29. The molecule has 1 fully saturated rings. The van der Waals surface area contributed by atoms with E-state index in [9.17, 15) is 9.59 Å². The Hall–Kier alpha value is -4.12. The van der Waals surface area contributed by atoms with Crippen LogP contribution in [0.4, 0.5) is 11.4 Å². The van der Waals surface area contributed by atoms with Crippen molar-refractivity contribution in [2.75, 3.05) is 18.0 Å². The minimum absolute atomic E-state index is 0.0376. The number of rotatable bonds is 5. The molecule has 2 aliphatic rings. The third-order valence-electron chi connectivity index (χ3n) is 7.59. The van der Waals surface area contributed by atoms with Crippen LogP contribution in [0.2, 0.25) is 0 Å². The van der Waals surface area contributed by atoms with E-state index in [1.54, 1.807) is 4.90 Å². The number of nitrogens with zero attached hydrogens (tertiary/aromatic N) is 3. The van der Waals surface area contributed by atoms with E-state index in [0.29, 0.717) is 12.1 Å². The molecule has 0 unspecified atom stereocenters. The van der Waals surface area contributed by atoms with Gasteiger partial charge in [0.15, 0.2) is 0 Å². The Morgan fingerprint density at radius 1 is 0.892 bits per heavy atom. The van der Waals surface area contributed by atoms with E-state index in [4.69, 9.17) is 0 Å². The van der Waals surface area contributed by atoms with Crippen LogP contribution in [0.15, 0.2) is 79.0 Å². The van der Waals surface area contributed by atoms with Crippen LogP contribution in [0.25, 0.3) is 22.6 Å². The van der Waals surface area contributed by atoms with Crippen molar-refractivity contribution in [3.05, 3.63) is 95.7 Å². The Balaban J connectivity index is 1.45. The highest BCUT2D eigenvalue weighted by Gasteiger charge is 2.33. The molecule has 0 radical (unpaired) electrons. The summed E-state index contributed by atoms with van der Waals surface area (Å²) in [4.78, 5) is 30.8. The van der Waals surface area contributed by atoms with Gasteiger partial charge in [-0.1, -0.05) is 61.5 Å². The summed E-state index contributed by atoms with van der Waals surface area (Å²) in [6.45, 7) is 4.15. The maximum Gasteiger partial charge on any atom is 0.263 e. The molecule has 4 aromatic rings. The summed E-state index contributed by atoms with van der Waals surface area (Å²) >= 11 is 0. The number of carbonyl (C=O) groups is 2. The highest BCUT2D eigenvalue weighted by molar-refractivity contribution is 6.38. The Morgan fingerprint density at radius 2 is 1.65 bits per heavy atom. The molecular weight excluding hydrogens is 458 g/mol. The molecule has 2 amide bonds. The van der Waals surface area contributed by atoms with E-state index in [1.165, 1.54) is 12.0 Å². The van der Waals surface area contributed by atoms with Crippen molar-refractivity contribution in [1.82, 2.24) is 9.47 Å². The second kappa shape index (κ2) is 9.74. The largest absolute Gasteiger partial charge is 0.341 e. The van der Waals surface area contributed by atoms with Gasteiger partial charge < -0.3 is 9.47 Å². The number of fused-ring (bicyclic) bond motifs is 2. The molecule has 0 aliphatic carbocycles. The van der Waals surface area contributed by atoms with Gasteiger partial charge in [-0.05, 0) is 55.5 Å². The molecule has 5 nitrogen and oxygen atoms in total. The molecular formula is C32H31N3O2. The summed E-state index contributed by atoms with van der Waals surface area (Å²) in [6, 6.07) is 24.0. The van der Waals surface area contributed by atoms with Gasteiger partial charge in [0.25, 0.3) is 5.91 Å². The van der Waals surface area contributed by atoms with Crippen LogP contribution >= 0.6 is 0 Å². The van der Waals surface area contributed by atoms with Crippen LogP contribution in [0.5, 0.6) is 0 Å². The van der Waals surface area contributed by atoms with Crippen molar-refractivity contribution >= 4 is 45.7 Å². The van der Waals surface area contributed by atoms with Crippen LogP contribution in [-0.2, 0) is 22.6 Å². The van der Waals surface area contributed by atoms with Gasteiger partial charge in [-0.25, -0.2) is 0 Å². The van der Waals surface area contributed by atoms with E-state index in [1.807, 2.05) is 65.6 Å². The SMILES string of the molecule is CCc1cccc2c(C=C3C(=O)N(c4ccccc4)c4ccccc43)cn(CC(=O)N3CCCCC3)c12. The lowest BCUT2D eigenvalue weighted by Crippen LogP contribution is -2.37. The molecule has 3 aromatic carbocycles. The maximum absolute atomic E-state index is 13.8. The van der Waals surface area contributed by atoms with Gasteiger partial charge in [0.1, 0.15) is 6.54 Å². The fraction of sp³-hybridized carbons (Fsp3) is 0.250. The van der Waals surface area contributed by atoms with Gasteiger partial charge in [0.2, 0.25) is 5.91 Å². The minimum atomic E-state index is -0.0376. The lowest BCUT2D eigenvalue weighted by molar-refractivity contribution is -0.132. The van der Waals surface area contributed by atoms with Gasteiger partial charge in [0, 0.05) is 41.5 Å². The van der Waals surface area contributed by atoms with E-state index in [2.05, 4.69) is 35.9 Å². The molecule has 0 bridgehead atoms. The molecule has 186 valence electrons. The summed E-state index contributed by atoms with van der Waals surface area (Å²) in [5.41, 5.74) is 6.59. The standard InChI is InChI=1S/C32H31N3O2/c1-2-23-12-11-16-26-24(21-34(31(23)26)22-30(36)33-18-9-4-10-19-33)20-28-27-15-7-8-17-29(27)35(32(28)37)25-13-5-3-6-14-25/h3,5-8,11-17,20-21H,2,4,9-10,18-19,22H2,1H3.